The quantitative estimate of drug-likeness (QED) is 0.550. The lowest BCUT2D eigenvalue weighted by Gasteiger charge is -2.27. The minimum absolute atomic E-state index is 0.262. The molecule has 7 heteroatoms. The summed E-state index contributed by atoms with van der Waals surface area (Å²) in [7, 11) is 0. The van der Waals surface area contributed by atoms with Crippen LogP contribution in [0.4, 0.5) is 0 Å². The second-order valence-corrected chi connectivity index (χ2v) is 7.49. The van der Waals surface area contributed by atoms with Crippen LogP contribution in [0.2, 0.25) is 0 Å². The molecule has 31 heavy (non-hydrogen) atoms. The van der Waals surface area contributed by atoms with E-state index in [4.69, 9.17) is 4.74 Å². The average molecular weight is 418 g/mol. The lowest BCUT2D eigenvalue weighted by Crippen LogP contribution is -2.45. The van der Waals surface area contributed by atoms with Crippen LogP contribution in [0.3, 0.4) is 0 Å². The summed E-state index contributed by atoms with van der Waals surface area (Å²) >= 11 is 0. The molecule has 0 aromatic heterocycles. The number of imide groups is 1. The molecule has 0 saturated carbocycles. The minimum Gasteiger partial charge on any atom is -0.454 e. The molecule has 0 spiro atoms. The average Bonchev–Trinajstić information content (AvgIpc) is 3.07. The molecule has 2 aliphatic rings. The van der Waals surface area contributed by atoms with Crippen molar-refractivity contribution < 1.29 is 23.9 Å². The smallest absolute Gasteiger partial charge is 0.329 e. The van der Waals surface area contributed by atoms with E-state index in [2.05, 4.69) is 0 Å². The van der Waals surface area contributed by atoms with Crippen LogP contribution in [0.25, 0.3) is 5.57 Å². The van der Waals surface area contributed by atoms with E-state index < -0.39 is 30.4 Å². The van der Waals surface area contributed by atoms with Gasteiger partial charge in [-0.25, -0.2) is 4.79 Å². The number of carbonyl (C=O) groups is 4. The number of fused-ring (bicyclic) bond motifs is 1. The third-order valence-electron chi connectivity index (χ3n) is 5.60. The molecule has 2 heterocycles. The molecule has 0 unspecified atom stereocenters. The van der Waals surface area contributed by atoms with E-state index in [0.29, 0.717) is 13.1 Å². The summed E-state index contributed by atoms with van der Waals surface area (Å²) in [5.74, 6) is -2.18. The van der Waals surface area contributed by atoms with Gasteiger partial charge in [0.1, 0.15) is 6.04 Å². The number of carbonyl (C=O) groups excluding carboxylic acids is 4. The van der Waals surface area contributed by atoms with Gasteiger partial charge in [-0.15, -0.1) is 0 Å². The summed E-state index contributed by atoms with van der Waals surface area (Å²) in [5.41, 5.74) is 2.84. The zero-order valence-electron chi connectivity index (χ0n) is 17.1. The van der Waals surface area contributed by atoms with Crippen molar-refractivity contribution in [1.29, 1.82) is 0 Å². The van der Waals surface area contributed by atoms with E-state index in [1.54, 1.807) is 29.2 Å². The molecule has 2 aromatic carbocycles. The van der Waals surface area contributed by atoms with Gasteiger partial charge in [0.2, 0.25) is 0 Å². The van der Waals surface area contributed by atoms with Crippen molar-refractivity contribution in [2.75, 3.05) is 19.7 Å². The van der Waals surface area contributed by atoms with Crippen molar-refractivity contribution in [3.63, 3.8) is 0 Å². The molecular formula is C24H22N2O5. The van der Waals surface area contributed by atoms with Gasteiger partial charge in [0.05, 0.1) is 11.1 Å². The number of esters is 1. The molecule has 0 aliphatic carbocycles. The van der Waals surface area contributed by atoms with Crippen LogP contribution in [-0.4, -0.2) is 59.2 Å². The molecule has 0 bridgehead atoms. The predicted molar refractivity (Wildman–Crippen MR) is 113 cm³/mol. The van der Waals surface area contributed by atoms with Gasteiger partial charge < -0.3 is 9.64 Å². The Morgan fingerprint density at radius 2 is 1.58 bits per heavy atom. The van der Waals surface area contributed by atoms with Gasteiger partial charge in [0, 0.05) is 13.1 Å². The third kappa shape index (κ3) is 3.99. The van der Waals surface area contributed by atoms with Gasteiger partial charge in [-0.2, -0.15) is 0 Å². The number of ether oxygens (including phenoxy) is 1. The Morgan fingerprint density at radius 1 is 0.968 bits per heavy atom. The fraction of sp³-hybridized carbons (Fsp3) is 0.250. The molecule has 1 atom stereocenters. The zero-order chi connectivity index (χ0) is 22.0. The van der Waals surface area contributed by atoms with Crippen LogP contribution in [0.1, 0.15) is 39.6 Å². The lowest BCUT2D eigenvalue weighted by atomic mass is 10.00. The van der Waals surface area contributed by atoms with Crippen molar-refractivity contribution in [3.8, 4) is 0 Å². The highest BCUT2D eigenvalue weighted by Crippen LogP contribution is 2.25. The van der Waals surface area contributed by atoms with Crippen molar-refractivity contribution in [2.24, 2.45) is 0 Å². The van der Waals surface area contributed by atoms with Crippen molar-refractivity contribution in [3.05, 3.63) is 77.4 Å². The van der Waals surface area contributed by atoms with E-state index in [-0.39, 0.29) is 17.0 Å². The van der Waals surface area contributed by atoms with Crippen molar-refractivity contribution in [1.82, 2.24) is 9.80 Å². The standard InChI is InChI=1S/C24H22N2O5/c1-16(26-22(28)19-9-5-6-10-20(19)23(26)29)24(30)31-15-21(27)25-13-11-18(12-14-25)17-7-3-2-4-8-17/h2-11,16H,12-15H2,1H3/t16-/m0/s1. The number of hydrogen-bond acceptors (Lipinski definition) is 5. The molecule has 0 N–H and O–H groups in total. The van der Waals surface area contributed by atoms with Gasteiger partial charge in [-0.3, -0.25) is 19.3 Å². The van der Waals surface area contributed by atoms with E-state index >= 15 is 0 Å². The second kappa shape index (κ2) is 8.55. The maximum atomic E-state index is 12.5. The van der Waals surface area contributed by atoms with Crippen molar-refractivity contribution in [2.45, 2.75) is 19.4 Å². The molecule has 4 rings (SSSR count). The number of hydrogen-bond donors (Lipinski definition) is 0. The van der Waals surface area contributed by atoms with E-state index in [9.17, 15) is 19.2 Å². The normalized spacial score (nSPS) is 16.6. The van der Waals surface area contributed by atoms with Crippen LogP contribution in [0, 0.1) is 0 Å². The highest BCUT2D eigenvalue weighted by molar-refractivity contribution is 6.22. The van der Waals surface area contributed by atoms with Crippen LogP contribution < -0.4 is 0 Å². The molecule has 0 radical (unpaired) electrons. The number of amides is 3. The Balaban J connectivity index is 1.32. The van der Waals surface area contributed by atoms with Crippen LogP contribution >= 0.6 is 0 Å². The maximum absolute atomic E-state index is 12.5. The van der Waals surface area contributed by atoms with Gasteiger partial charge in [0.25, 0.3) is 17.7 Å². The van der Waals surface area contributed by atoms with E-state index in [1.165, 1.54) is 12.5 Å². The fourth-order valence-corrected chi connectivity index (χ4v) is 3.82. The Labute approximate surface area is 179 Å². The first-order valence-electron chi connectivity index (χ1n) is 10.1. The molecular weight excluding hydrogens is 396 g/mol. The third-order valence-corrected chi connectivity index (χ3v) is 5.60. The first-order chi connectivity index (χ1) is 15.0. The van der Waals surface area contributed by atoms with Gasteiger partial charge in [-0.1, -0.05) is 48.5 Å². The van der Waals surface area contributed by atoms with Gasteiger partial charge in [-0.05, 0) is 36.6 Å². The van der Waals surface area contributed by atoms with Crippen LogP contribution in [-0.2, 0) is 14.3 Å². The summed E-state index contributed by atoms with van der Waals surface area (Å²) in [6, 6.07) is 15.3. The summed E-state index contributed by atoms with van der Waals surface area (Å²) in [6.45, 7) is 1.96. The van der Waals surface area contributed by atoms with Crippen molar-refractivity contribution >= 4 is 29.3 Å². The molecule has 3 amide bonds. The Hall–Kier alpha value is -3.74. The first-order valence-corrected chi connectivity index (χ1v) is 10.1. The Bertz CT molecular complexity index is 1040. The number of nitrogens with zero attached hydrogens (tertiary/aromatic N) is 2. The molecule has 2 aliphatic heterocycles. The summed E-state index contributed by atoms with van der Waals surface area (Å²) in [6.07, 6.45) is 2.72. The van der Waals surface area contributed by atoms with Crippen LogP contribution in [0.15, 0.2) is 60.7 Å². The monoisotopic (exact) mass is 418 g/mol. The summed E-state index contributed by atoms with van der Waals surface area (Å²) in [5, 5.41) is 0. The Kier molecular flexibility index (Phi) is 5.66. The topological polar surface area (TPSA) is 84.0 Å². The first kappa shape index (κ1) is 20.5. The highest BCUT2D eigenvalue weighted by Gasteiger charge is 2.41. The molecule has 0 saturated heterocycles. The Morgan fingerprint density at radius 3 is 2.16 bits per heavy atom. The number of rotatable bonds is 5. The molecule has 0 fully saturated rings. The molecule has 2 aromatic rings. The van der Waals surface area contributed by atoms with E-state index in [0.717, 1.165) is 16.9 Å². The molecule has 7 nitrogen and oxygen atoms in total. The second-order valence-electron chi connectivity index (χ2n) is 7.49. The van der Waals surface area contributed by atoms with Crippen LogP contribution in [0.5, 0.6) is 0 Å². The number of benzene rings is 2. The zero-order valence-corrected chi connectivity index (χ0v) is 17.1. The lowest BCUT2D eigenvalue weighted by molar-refractivity contribution is -0.154. The fourth-order valence-electron chi connectivity index (χ4n) is 3.82. The van der Waals surface area contributed by atoms with Gasteiger partial charge in [0.15, 0.2) is 6.61 Å². The largest absolute Gasteiger partial charge is 0.454 e. The summed E-state index contributed by atoms with van der Waals surface area (Å²) in [4.78, 5) is 52.4. The van der Waals surface area contributed by atoms with E-state index in [1.807, 2.05) is 36.4 Å². The minimum atomic E-state index is -1.12. The van der Waals surface area contributed by atoms with Gasteiger partial charge >= 0.3 is 5.97 Å². The predicted octanol–water partition coefficient (Wildman–Crippen LogP) is 2.53. The molecule has 158 valence electrons. The highest BCUT2D eigenvalue weighted by atomic mass is 16.5. The maximum Gasteiger partial charge on any atom is 0.329 e. The SMILES string of the molecule is C[C@@H](C(=O)OCC(=O)N1CC=C(c2ccccc2)CC1)N1C(=O)c2ccccc2C1=O. The summed E-state index contributed by atoms with van der Waals surface area (Å²) < 4.78 is 5.14.